The normalized spacial score (nSPS) is 16.2. The van der Waals surface area contributed by atoms with Gasteiger partial charge in [-0.15, -0.1) is 0 Å². The van der Waals surface area contributed by atoms with Gasteiger partial charge in [-0.1, -0.05) is 18.5 Å². The molecular formula is C15H18ClNO. The first-order valence-corrected chi connectivity index (χ1v) is 6.98. The second kappa shape index (κ2) is 4.60. The maximum atomic E-state index is 6.36. The van der Waals surface area contributed by atoms with E-state index in [-0.39, 0.29) is 0 Å². The van der Waals surface area contributed by atoms with Gasteiger partial charge < -0.3 is 9.32 Å². The van der Waals surface area contributed by atoms with Crippen molar-refractivity contribution in [2.24, 2.45) is 0 Å². The lowest BCUT2D eigenvalue weighted by Gasteiger charge is -2.13. The van der Waals surface area contributed by atoms with E-state index in [1.165, 1.54) is 16.5 Å². The van der Waals surface area contributed by atoms with E-state index in [2.05, 4.69) is 18.9 Å². The highest BCUT2D eigenvalue weighted by atomic mass is 35.5. The summed E-state index contributed by atoms with van der Waals surface area (Å²) in [4.78, 5) is 2.35. The third kappa shape index (κ3) is 1.84. The molecular weight excluding hydrogens is 246 g/mol. The highest BCUT2D eigenvalue weighted by Gasteiger charge is 2.22. The molecule has 0 radical (unpaired) electrons. The van der Waals surface area contributed by atoms with Gasteiger partial charge in [0.1, 0.15) is 11.3 Å². The molecule has 1 aromatic carbocycles. The Morgan fingerprint density at radius 2 is 2.17 bits per heavy atom. The van der Waals surface area contributed by atoms with Crippen molar-refractivity contribution in [1.82, 2.24) is 4.90 Å². The van der Waals surface area contributed by atoms with Crippen molar-refractivity contribution in [3.63, 3.8) is 0 Å². The van der Waals surface area contributed by atoms with Gasteiger partial charge in [-0.2, -0.15) is 0 Å². The highest BCUT2D eigenvalue weighted by molar-refractivity contribution is 6.32. The van der Waals surface area contributed by atoms with Gasteiger partial charge in [0.2, 0.25) is 0 Å². The van der Waals surface area contributed by atoms with Crippen LogP contribution < -0.4 is 0 Å². The average Bonchev–Trinajstić information content (AvgIpc) is 2.56. The molecule has 0 N–H and O–H groups in total. The molecule has 2 nitrogen and oxygen atoms in total. The van der Waals surface area contributed by atoms with Crippen molar-refractivity contribution < 1.29 is 4.42 Å². The zero-order valence-electron chi connectivity index (χ0n) is 10.9. The number of hydrogen-bond donors (Lipinski definition) is 0. The van der Waals surface area contributed by atoms with Gasteiger partial charge in [0, 0.05) is 35.5 Å². The van der Waals surface area contributed by atoms with Crippen LogP contribution in [0.1, 0.15) is 30.2 Å². The van der Waals surface area contributed by atoms with Gasteiger partial charge in [-0.05, 0) is 37.6 Å². The molecule has 0 saturated carbocycles. The maximum Gasteiger partial charge on any atom is 0.135 e. The predicted molar refractivity (Wildman–Crippen MR) is 75.3 cm³/mol. The number of benzene rings is 1. The lowest BCUT2D eigenvalue weighted by atomic mass is 10.0. The summed E-state index contributed by atoms with van der Waals surface area (Å²) >= 11 is 6.36. The number of rotatable bonds is 2. The van der Waals surface area contributed by atoms with Crippen LogP contribution in [-0.4, -0.2) is 18.5 Å². The van der Waals surface area contributed by atoms with Crippen LogP contribution >= 0.6 is 11.6 Å². The maximum absolute atomic E-state index is 6.36. The monoisotopic (exact) mass is 263 g/mol. The molecule has 0 aliphatic carbocycles. The number of aryl methyl sites for hydroxylation is 1. The Hall–Kier alpha value is -0.990. The summed E-state index contributed by atoms with van der Waals surface area (Å²) in [5.74, 6) is 1.14. The minimum Gasteiger partial charge on any atom is -0.461 e. The zero-order valence-corrected chi connectivity index (χ0v) is 11.7. The summed E-state index contributed by atoms with van der Waals surface area (Å²) in [6.45, 7) is 4.21. The van der Waals surface area contributed by atoms with Crippen molar-refractivity contribution in [3.8, 4) is 0 Å². The third-order valence-corrected chi connectivity index (χ3v) is 4.09. The van der Waals surface area contributed by atoms with Crippen molar-refractivity contribution in [2.75, 3.05) is 13.6 Å². The molecule has 3 rings (SSSR count). The Morgan fingerprint density at radius 1 is 1.33 bits per heavy atom. The van der Waals surface area contributed by atoms with Gasteiger partial charge in [-0.25, -0.2) is 0 Å². The first-order chi connectivity index (χ1) is 8.70. The van der Waals surface area contributed by atoms with E-state index in [0.29, 0.717) is 0 Å². The van der Waals surface area contributed by atoms with Crippen molar-refractivity contribution >= 4 is 22.6 Å². The van der Waals surface area contributed by atoms with Crippen LogP contribution in [0.2, 0.25) is 5.02 Å². The average molecular weight is 264 g/mol. The fraction of sp³-hybridized carbons (Fsp3) is 0.467. The van der Waals surface area contributed by atoms with Crippen LogP contribution in [-0.2, 0) is 19.4 Å². The number of likely N-dealkylation sites (N-methyl/N-ethyl adjacent to an activating group) is 1. The van der Waals surface area contributed by atoms with Crippen molar-refractivity contribution in [3.05, 3.63) is 34.0 Å². The number of nitrogens with zero attached hydrogens (tertiary/aromatic N) is 1. The Kier molecular flexibility index (Phi) is 3.08. The summed E-state index contributed by atoms with van der Waals surface area (Å²) < 4.78 is 6.02. The third-order valence-electron chi connectivity index (χ3n) is 3.74. The Labute approximate surface area is 113 Å². The second-order valence-electron chi connectivity index (χ2n) is 5.14. The van der Waals surface area contributed by atoms with Crippen LogP contribution in [0.4, 0.5) is 0 Å². The molecule has 1 aliphatic rings. The predicted octanol–water partition coefficient (Wildman–Crippen LogP) is 4.03. The standard InChI is InChI=1S/C15H18ClNO/c1-3-4-13-11-9-17(2)8-7-10-12(16)5-6-14(18-13)15(10)11/h5-6H,3-4,7-9H2,1-2H3. The van der Waals surface area contributed by atoms with E-state index in [1.54, 1.807) is 0 Å². The largest absolute Gasteiger partial charge is 0.461 e. The highest BCUT2D eigenvalue weighted by Crippen LogP contribution is 2.36. The van der Waals surface area contributed by atoms with Gasteiger partial charge in [-0.3, -0.25) is 0 Å². The van der Waals surface area contributed by atoms with E-state index < -0.39 is 0 Å². The minimum atomic E-state index is 0.878. The fourth-order valence-electron chi connectivity index (χ4n) is 2.84. The van der Waals surface area contributed by atoms with E-state index in [0.717, 1.165) is 48.7 Å². The lowest BCUT2D eigenvalue weighted by molar-refractivity contribution is 0.332. The fourth-order valence-corrected chi connectivity index (χ4v) is 3.09. The van der Waals surface area contributed by atoms with Crippen LogP contribution in [0.3, 0.4) is 0 Å². The van der Waals surface area contributed by atoms with Crippen molar-refractivity contribution in [1.29, 1.82) is 0 Å². The van der Waals surface area contributed by atoms with Crippen molar-refractivity contribution in [2.45, 2.75) is 32.7 Å². The SMILES string of the molecule is CCCc1oc2ccc(Cl)c3c2c1CN(C)CC3. The zero-order chi connectivity index (χ0) is 12.7. The van der Waals surface area contributed by atoms with Crippen LogP contribution in [0.15, 0.2) is 16.5 Å². The molecule has 0 saturated heterocycles. The molecule has 1 aromatic heterocycles. The summed E-state index contributed by atoms with van der Waals surface area (Å²) in [7, 11) is 2.16. The first-order valence-electron chi connectivity index (χ1n) is 6.61. The molecule has 0 fully saturated rings. The van der Waals surface area contributed by atoms with E-state index >= 15 is 0 Å². The van der Waals surface area contributed by atoms with E-state index in [9.17, 15) is 0 Å². The Bertz CT molecular complexity index is 588. The number of hydrogen-bond acceptors (Lipinski definition) is 2. The molecule has 2 heterocycles. The topological polar surface area (TPSA) is 16.4 Å². The molecule has 2 aromatic rings. The molecule has 0 unspecified atom stereocenters. The van der Waals surface area contributed by atoms with E-state index in [1.807, 2.05) is 12.1 Å². The molecule has 18 heavy (non-hydrogen) atoms. The first kappa shape index (κ1) is 12.1. The summed E-state index contributed by atoms with van der Waals surface area (Å²) in [6.07, 6.45) is 3.12. The smallest absolute Gasteiger partial charge is 0.135 e. The molecule has 3 heteroatoms. The van der Waals surface area contributed by atoms with Gasteiger partial charge in [0.15, 0.2) is 0 Å². The molecule has 0 amide bonds. The van der Waals surface area contributed by atoms with Crippen LogP contribution in [0, 0.1) is 0 Å². The molecule has 96 valence electrons. The van der Waals surface area contributed by atoms with Crippen LogP contribution in [0.5, 0.6) is 0 Å². The Morgan fingerprint density at radius 3 is 2.94 bits per heavy atom. The van der Waals surface area contributed by atoms with Gasteiger partial charge in [0.05, 0.1) is 0 Å². The number of furan rings is 1. The summed E-state index contributed by atoms with van der Waals surface area (Å²) in [5.41, 5.74) is 3.62. The molecule has 0 atom stereocenters. The van der Waals surface area contributed by atoms with E-state index in [4.69, 9.17) is 16.0 Å². The summed E-state index contributed by atoms with van der Waals surface area (Å²) in [5, 5.41) is 2.15. The quantitative estimate of drug-likeness (QED) is 0.814. The second-order valence-corrected chi connectivity index (χ2v) is 5.55. The molecule has 0 spiro atoms. The van der Waals surface area contributed by atoms with Crippen LogP contribution in [0.25, 0.3) is 11.0 Å². The Balaban J connectivity index is 2.28. The molecule has 1 aliphatic heterocycles. The van der Waals surface area contributed by atoms with Gasteiger partial charge >= 0.3 is 0 Å². The van der Waals surface area contributed by atoms with Gasteiger partial charge in [0.25, 0.3) is 0 Å². The number of halogens is 1. The lowest BCUT2D eigenvalue weighted by Crippen LogP contribution is -2.19. The summed E-state index contributed by atoms with van der Waals surface area (Å²) in [6, 6.07) is 3.97. The molecule has 0 bridgehead atoms. The minimum absolute atomic E-state index is 0.878.